The van der Waals surface area contributed by atoms with Crippen molar-refractivity contribution in [2.45, 2.75) is 46.1 Å². The van der Waals surface area contributed by atoms with Gasteiger partial charge < -0.3 is 20.1 Å². The van der Waals surface area contributed by atoms with Gasteiger partial charge in [0, 0.05) is 30.7 Å². The summed E-state index contributed by atoms with van der Waals surface area (Å²) in [6, 6.07) is 0. The van der Waals surface area contributed by atoms with Crippen LogP contribution in [0.3, 0.4) is 0 Å². The lowest BCUT2D eigenvalue weighted by molar-refractivity contribution is -0.169. The second kappa shape index (κ2) is 11.5. The summed E-state index contributed by atoms with van der Waals surface area (Å²) in [5, 5.41) is 4.70. The van der Waals surface area contributed by atoms with Gasteiger partial charge in [0.1, 0.15) is 25.2 Å². The van der Waals surface area contributed by atoms with Crippen molar-refractivity contribution in [1.29, 1.82) is 0 Å². The molecule has 0 spiro atoms. The summed E-state index contributed by atoms with van der Waals surface area (Å²) >= 11 is 0.907. The normalized spacial score (nSPS) is 22.1. The second-order valence-electron chi connectivity index (χ2n) is 7.19. The smallest absolute Gasteiger partial charge is 0.314 e. The second-order valence-corrected chi connectivity index (χ2v) is 8.34. The molecule has 0 aromatic rings. The molecule has 11 heteroatoms. The number of hydrogen-bond acceptors (Lipinski definition) is 9. The third-order valence-electron chi connectivity index (χ3n) is 3.82. The van der Waals surface area contributed by atoms with E-state index in [9.17, 15) is 28.8 Å². The van der Waals surface area contributed by atoms with Gasteiger partial charge in [0.15, 0.2) is 11.2 Å². The van der Waals surface area contributed by atoms with E-state index < -0.39 is 53.1 Å². The number of Topliss-reactive ketones (excluding diaryl/α,β-unsaturated/α-hetero) is 1. The van der Waals surface area contributed by atoms with E-state index in [2.05, 4.69) is 10.6 Å². The van der Waals surface area contributed by atoms with Crippen LogP contribution in [-0.4, -0.2) is 66.2 Å². The molecular weight excluding hydrogens is 404 g/mol. The number of nitrogens with one attached hydrogen (secondary N) is 2. The van der Waals surface area contributed by atoms with E-state index in [0.717, 1.165) is 11.8 Å². The fourth-order valence-corrected chi connectivity index (χ4v) is 2.99. The first-order valence-electron chi connectivity index (χ1n) is 9.06. The number of esters is 2. The molecule has 10 nitrogen and oxygen atoms in total. The highest BCUT2D eigenvalue weighted by Gasteiger charge is 2.40. The molecule has 1 aliphatic heterocycles. The predicted octanol–water partition coefficient (Wildman–Crippen LogP) is -0.267. The summed E-state index contributed by atoms with van der Waals surface area (Å²) in [6.07, 6.45) is -2.35. The summed E-state index contributed by atoms with van der Waals surface area (Å²) < 4.78 is 10.3. The van der Waals surface area contributed by atoms with E-state index in [1.165, 1.54) is 20.8 Å². The van der Waals surface area contributed by atoms with Crippen LogP contribution in [0.4, 0.5) is 0 Å². The first-order valence-corrected chi connectivity index (χ1v) is 10.0. The maximum absolute atomic E-state index is 12.6. The van der Waals surface area contributed by atoms with Crippen molar-refractivity contribution in [3.05, 3.63) is 0 Å². The lowest BCUT2D eigenvalue weighted by atomic mass is 9.86. The van der Waals surface area contributed by atoms with Gasteiger partial charge in [-0.05, 0) is 6.92 Å². The summed E-state index contributed by atoms with van der Waals surface area (Å²) in [6.45, 7) is 4.22. The molecular formula is C18H26N2O8S. The maximum atomic E-state index is 12.6. The molecule has 0 bridgehead atoms. The van der Waals surface area contributed by atoms with E-state index in [0.29, 0.717) is 5.75 Å². The predicted molar refractivity (Wildman–Crippen MR) is 103 cm³/mol. The molecule has 1 rings (SSSR count). The van der Waals surface area contributed by atoms with Crippen molar-refractivity contribution in [1.82, 2.24) is 10.6 Å². The molecule has 0 aromatic heterocycles. The number of cyclic esters (lactones) is 1. The SMILES string of the molecule is CC(=O)CC(=O)O[C@H]1C(=O)NCCC(=O)NCCSC(=O)CC(=O)OCC1(C)C. The number of carbonyl (C=O) groups excluding carboxylic acids is 6. The highest BCUT2D eigenvalue weighted by molar-refractivity contribution is 8.13. The molecule has 1 aliphatic rings. The van der Waals surface area contributed by atoms with Crippen LogP contribution in [-0.2, 0) is 38.2 Å². The van der Waals surface area contributed by atoms with Gasteiger partial charge in [-0.1, -0.05) is 25.6 Å². The maximum Gasteiger partial charge on any atom is 0.314 e. The van der Waals surface area contributed by atoms with Gasteiger partial charge >= 0.3 is 11.9 Å². The molecule has 162 valence electrons. The summed E-state index contributed by atoms with van der Waals surface area (Å²) in [5.74, 6) is -2.80. The van der Waals surface area contributed by atoms with Gasteiger partial charge in [-0.25, -0.2) is 0 Å². The molecule has 1 heterocycles. The Hall–Kier alpha value is -2.43. The van der Waals surface area contributed by atoms with Crippen molar-refractivity contribution >= 4 is 46.4 Å². The Morgan fingerprint density at radius 2 is 1.86 bits per heavy atom. The highest BCUT2D eigenvalue weighted by atomic mass is 32.2. The number of hydrogen-bond donors (Lipinski definition) is 2. The van der Waals surface area contributed by atoms with E-state index in [1.54, 1.807) is 0 Å². The average molecular weight is 430 g/mol. The number of ketones is 1. The molecule has 0 saturated carbocycles. The number of ether oxygens (including phenoxy) is 2. The van der Waals surface area contributed by atoms with E-state index in [1.807, 2.05) is 0 Å². The molecule has 29 heavy (non-hydrogen) atoms. The van der Waals surface area contributed by atoms with Crippen molar-refractivity contribution in [2.24, 2.45) is 5.41 Å². The summed E-state index contributed by atoms with van der Waals surface area (Å²) in [4.78, 5) is 71.1. The van der Waals surface area contributed by atoms with Crippen LogP contribution in [0.2, 0.25) is 0 Å². The minimum Gasteiger partial charge on any atom is -0.465 e. The molecule has 1 saturated heterocycles. The number of carbonyl (C=O) groups is 6. The lowest BCUT2D eigenvalue weighted by Gasteiger charge is -2.32. The largest absolute Gasteiger partial charge is 0.465 e. The number of rotatable bonds is 3. The molecule has 0 aliphatic carbocycles. The molecule has 0 radical (unpaired) electrons. The van der Waals surface area contributed by atoms with E-state index in [-0.39, 0.29) is 32.0 Å². The standard InChI is InChI=1S/C18H26N2O8S/c1-11(21)8-14(24)28-16-17(26)20-5-4-12(22)19-6-7-29-15(25)9-13(23)27-10-18(16,2)3/h16H,4-10H2,1-3H3,(H,19,22)(H,20,26)/t16-/m0/s1. The zero-order valence-corrected chi connectivity index (χ0v) is 17.5. The van der Waals surface area contributed by atoms with Gasteiger partial charge in [0.2, 0.25) is 5.91 Å². The Kier molecular flexibility index (Phi) is 9.79. The minimum absolute atomic E-state index is 0.00607. The Morgan fingerprint density at radius 3 is 2.52 bits per heavy atom. The topological polar surface area (TPSA) is 145 Å². The summed E-state index contributed by atoms with van der Waals surface area (Å²) in [7, 11) is 0. The van der Waals surface area contributed by atoms with Gasteiger partial charge in [-0.15, -0.1) is 0 Å². The van der Waals surface area contributed by atoms with Gasteiger partial charge in [-0.2, -0.15) is 0 Å². The van der Waals surface area contributed by atoms with Crippen LogP contribution in [0.1, 0.15) is 40.0 Å². The zero-order chi connectivity index (χ0) is 22.0. The van der Waals surface area contributed by atoms with Crippen molar-refractivity contribution in [2.75, 3.05) is 25.4 Å². The first-order chi connectivity index (χ1) is 13.5. The van der Waals surface area contributed by atoms with E-state index >= 15 is 0 Å². The van der Waals surface area contributed by atoms with Crippen LogP contribution in [0.15, 0.2) is 0 Å². The third-order valence-corrected chi connectivity index (χ3v) is 4.70. The summed E-state index contributed by atoms with van der Waals surface area (Å²) in [5.41, 5.74) is -1.15. The van der Waals surface area contributed by atoms with Crippen LogP contribution in [0, 0.1) is 5.41 Å². The van der Waals surface area contributed by atoms with Crippen LogP contribution >= 0.6 is 11.8 Å². The molecule has 2 amide bonds. The minimum atomic E-state index is -1.37. The van der Waals surface area contributed by atoms with Crippen LogP contribution < -0.4 is 10.6 Å². The van der Waals surface area contributed by atoms with Crippen molar-refractivity contribution < 1.29 is 38.2 Å². The van der Waals surface area contributed by atoms with Gasteiger partial charge in [0.05, 0.1) is 0 Å². The molecule has 2 N–H and O–H groups in total. The zero-order valence-electron chi connectivity index (χ0n) is 16.7. The Balaban J connectivity index is 2.96. The van der Waals surface area contributed by atoms with Gasteiger partial charge in [0.25, 0.3) is 5.91 Å². The molecule has 0 unspecified atom stereocenters. The number of thioether (sulfide) groups is 1. The van der Waals surface area contributed by atoms with Crippen LogP contribution in [0.5, 0.6) is 0 Å². The lowest BCUT2D eigenvalue weighted by Crippen LogP contribution is -2.49. The van der Waals surface area contributed by atoms with Crippen molar-refractivity contribution in [3.8, 4) is 0 Å². The van der Waals surface area contributed by atoms with Crippen molar-refractivity contribution in [3.63, 3.8) is 0 Å². The fourth-order valence-electron chi connectivity index (χ4n) is 2.34. The van der Waals surface area contributed by atoms with E-state index in [4.69, 9.17) is 9.47 Å². The average Bonchev–Trinajstić information content (AvgIpc) is 2.60. The Morgan fingerprint density at radius 1 is 1.17 bits per heavy atom. The van der Waals surface area contributed by atoms with Crippen LogP contribution in [0.25, 0.3) is 0 Å². The first kappa shape index (κ1) is 24.6. The quantitative estimate of drug-likeness (QED) is 0.456. The van der Waals surface area contributed by atoms with Gasteiger partial charge in [-0.3, -0.25) is 28.8 Å². The molecule has 1 fully saturated rings. The highest BCUT2D eigenvalue weighted by Crippen LogP contribution is 2.25. The third kappa shape index (κ3) is 9.55. The Bertz CT molecular complexity index is 677. The number of amides is 2. The monoisotopic (exact) mass is 430 g/mol. The molecule has 0 aromatic carbocycles. The Labute approximate surface area is 172 Å². The molecule has 1 atom stereocenters. The fraction of sp³-hybridized carbons (Fsp3) is 0.667.